The summed E-state index contributed by atoms with van der Waals surface area (Å²) in [5.74, 6) is -0.0903. The zero-order chi connectivity index (χ0) is 38.9. The number of nitrogens with zero attached hydrogens (tertiary/aromatic N) is 1. The van der Waals surface area contributed by atoms with Crippen LogP contribution in [0.2, 0.25) is 0 Å². The predicted molar refractivity (Wildman–Crippen MR) is 224 cm³/mol. The fourth-order valence-electron chi connectivity index (χ4n) is 7.22. The van der Waals surface area contributed by atoms with Crippen LogP contribution in [0.5, 0.6) is 0 Å². The lowest BCUT2D eigenvalue weighted by Gasteiger charge is -2.25. The molecular formula is C46H91NO6. The van der Waals surface area contributed by atoms with Gasteiger partial charge in [-0.3, -0.25) is 9.59 Å². The van der Waals surface area contributed by atoms with E-state index in [1.807, 2.05) is 0 Å². The van der Waals surface area contributed by atoms with Crippen LogP contribution in [0.1, 0.15) is 239 Å². The van der Waals surface area contributed by atoms with E-state index in [0.717, 1.165) is 122 Å². The molecule has 7 nitrogen and oxygen atoms in total. The van der Waals surface area contributed by atoms with Gasteiger partial charge in [-0.2, -0.15) is 0 Å². The van der Waals surface area contributed by atoms with E-state index >= 15 is 0 Å². The van der Waals surface area contributed by atoms with Crippen molar-refractivity contribution in [1.29, 1.82) is 0 Å². The van der Waals surface area contributed by atoms with Crippen molar-refractivity contribution in [2.24, 2.45) is 0 Å². The Bertz CT molecular complexity index is 748. The van der Waals surface area contributed by atoms with Crippen molar-refractivity contribution >= 4 is 11.9 Å². The van der Waals surface area contributed by atoms with E-state index < -0.39 is 0 Å². The highest BCUT2D eigenvalue weighted by Gasteiger charge is 2.15. The molecule has 0 aliphatic carbocycles. The molecule has 0 saturated carbocycles. The van der Waals surface area contributed by atoms with Gasteiger partial charge in [-0.25, -0.2) is 0 Å². The first kappa shape index (κ1) is 51.8. The molecular weight excluding hydrogens is 663 g/mol. The summed E-state index contributed by atoms with van der Waals surface area (Å²) in [6.07, 6.45) is 36.9. The number of hydrogen-bond acceptors (Lipinski definition) is 7. The first-order valence-corrected chi connectivity index (χ1v) is 23.3. The van der Waals surface area contributed by atoms with Gasteiger partial charge < -0.3 is 24.6 Å². The normalized spacial score (nSPS) is 12.2. The number of unbranched alkanes of at least 4 members (excludes halogenated alkanes) is 23. The molecule has 53 heavy (non-hydrogen) atoms. The van der Waals surface area contributed by atoms with Crippen LogP contribution < -0.4 is 0 Å². The van der Waals surface area contributed by atoms with Crippen LogP contribution in [0, 0.1) is 0 Å². The fraction of sp³-hybridized carbons (Fsp3) is 0.957. The Kier molecular flexibility index (Phi) is 41.0. The largest absolute Gasteiger partial charge is 0.466 e. The number of carbonyl (C=O) groups excluding carboxylic acids is 2. The predicted octanol–water partition coefficient (Wildman–Crippen LogP) is 12.4. The highest BCUT2D eigenvalue weighted by molar-refractivity contribution is 5.69. The smallest absolute Gasteiger partial charge is 0.306 e. The molecule has 0 amide bonds. The average Bonchev–Trinajstić information content (AvgIpc) is 3.14. The molecule has 0 saturated heterocycles. The van der Waals surface area contributed by atoms with Crippen LogP contribution in [0.4, 0.5) is 0 Å². The minimum Gasteiger partial charge on any atom is -0.466 e. The molecule has 0 aliphatic heterocycles. The zero-order valence-corrected chi connectivity index (χ0v) is 35.7. The summed E-state index contributed by atoms with van der Waals surface area (Å²) in [7, 11) is 0. The maximum absolute atomic E-state index is 12.8. The molecule has 0 aromatic rings. The maximum Gasteiger partial charge on any atom is 0.306 e. The Balaban J connectivity index is 4.22. The van der Waals surface area contributed by atoms with E-state index in [1.54, 1.807) is 0 Å². The van der Waals surface area contributed by atoms with Crippen molar-refractivity contribution < 1.29 is 29.3 Å². The van der Waals surface area contributed by atoms with E-state index in [-0.39, 0.29) is 30.8 Å². The molecule has 0 aliphatic rings. The Morgan fingerprint density at radius 2 is 0.906 bits per heavy atom. The Morgan fingerprint density at radius 3 is 1.45 bits per heavy atom. The Morgan fingerprint density at radius 1 is 0.491 bits per heavy atom. The number of hydrogen-bond donors (Lipinski definition) is 2. The van der Waals surface area contributed by atoms with Crippen LogP contribution in [-0.4, -0.2) is 72.1 Å². The molecule has 7 heteroatoms. The summed E-state index contributed by atoms with van der Waals surface area (Å²) in [5, 5.41) is 20.1. The molecule has 316 valence electrons. The Labute approximate surface area is 329 Å². The number of ether oxygens (including phenoxy) is 2. The minimum absolute atomic E-state index is 0.0405. The molecule has 0 aromatic heterocycles. The van der Waals surface area contributed by atoms with Crippen molar-refractivity contribution in [1.82, 2.24) is 4.90 Å². The van der Waals surface area contributed by atoms with Gasteiger partial charge in [0.25, 0.3) is 0 Å². The Hall–Kier alpha value is -1.18. The minimum atomic E-state index is -0.373. The number of carbonyl (C=O) groups is 2. The summed E-state index contributed by atoms with van der Waals surface area (Å²) < 4.78 is 11.4. The fourth-order valence-corrected chi connectivity index (χ4v) is 7.22. The summed E-state index contributed by atoms with van der Waals surface area (Å²) in [6.45, 7) is 10.0. The molecule has 2 N–H and O–H groups in total. The van der Waals surface area contributed by atoms with Gasteiger partial charge in [0.15, 0.2) is 0 Å². The second-order valence-corrected chi connectivity index (χ2v) is 16.1. The summed E-state index contributed by atoms with van der Waals surface area (Å²) in [6, 6.07) is 0. The topological polar surface area (TPSA) is 96.3 Å². The van der Waals surface area contributed by atoms with Gasteiger partial charge in [-0.05, 0) is 83.7 Å². The maximum atomic E-state index is 12.8. The van der Waals surface area contributed by atoms with E-state index in [4.69, 9.17) is 9.47 Å². The highest BCUT2D eigenvalue weighted by atomic mass is 16.5. The lowest BCUT2D eigenvalue weighted by atomic mass is 10.0. The quantitative estimate of drug-likeness (QED) is 0.0473. The number of rotatable bonds is 43. The van der Waals surface area contributed by atoms with E-state index in [2.05, 4.69) is 25.7 Å². The zero-order valence-electron chi connectivity index (χ0n) is 35.7. The van der Waals surface area contributed by atoms with Gasteiger partial charge >= 0.3 is 11.9 Å². The molecule has 0 fully saturated rings. The molecule has 1 unspecified atom stereocenters. The molecule has 0 spiro atoms. The summed E-state index contributed by atoms with van der Waals surface area (Å²) >= 11 is 0. The van der Waals surface area contributed by atoms with Crippen LogP contribution in [0.3, 0.4) is 0 Å². The van der Waals surface area contributed by atoms with Gasteiger partial charge in [-0.15, -0.1) is 0 Å². The molecule has 0 aromatic carbocycles. The first-order valence-electron chi connectivity index (χ1n) is 23.3. The third-order valence-corrected chi connectivity index (χ3v) is 10.7. The highest BCUT2D eigenvalue weighted by Crippen LogP contribution is 2.19. The van der Waals surface area contributed by atoms with Crippen LogP contribution in [0.15, 0.2) is 0 Å². The van der Waals surface area contributed by atoms with E-state index in [0.29, 0.717) is 26.0 Å². The SMILES string of the molecule is CCCCCCCCCOC(=O)CCCCCCCN(CCCCO)CC(O)CCCCCC(=O)OC(CCCCCCCC)CCCCCCCC. The number of aliphatic hydroxyl groups is 2. The van der Waals surface area contributed by atoms with Crippen molar-refractivity contribution in [3.8, 4) is 0 Å². The second-order valence-electron chi connectivity index (χ2n) is 16.1. The molecule has 1 atom stereocenters. The molecule has 0 radical (unpaired) electrons. The average molecular weight is 754 g/mol. The van der Waals surface area contributed by atoms with Crippen molar-refractivity contribution in [3.63, 3.8) is 0 Å². The standard InChI is InChI=1S/C46H91NO6/c1-4-7-10-13-16-22-32-41-52-45(50)36-27-20-17-21-29-38-47(39-30-31-40-48)42-43(49)33-24-23-28-37-46(51)53-44(34-25-18-14-11-8-5-2)35-26-19-15-12-9-6-3/h43-44,48-49H,4-42H2,1-3H3. The first-order chi connectivity index (χ1) is 26.0. The van der Waals surface area contributed by atoms with Gasteiger partial charge in [0.2, 0.25) is 0 Å². The molecule has 0 bridgehead atoms. The van der Waals surface area contributed by atoms with Gasteiger partial charge in [0, 0.05) is 26.0 Å². The van der Waals surface area contributed by atoms with Crippen molar-refractivity contribution in [3.05, 3.63) is 0 Å². The molecule has 0 heterocycles. The van der Waals surface area contributed by atoms with Gasteiger partial charge in [-0.1, -0.05) is 156 Å². The summed E-state index contributed by atoms with van der Waals surface area (Å²) in [4.78, 5) is 27.1. The van der Waals surface area contributed by atoms with Gasteiger partial charge in [0.05, 0.1) is 12.7 Å². The lowest BCUT2D eigenvalue weighted by Crippen LogP contribution is -2.34. The van der Waals surface area contributed by atoms with Crippen LogP contribution in [-0.2, 0) is 19.1 Å². The van der Waals surface area contributed by atoms with Crippen molar-refractivity contribution in [2.45, 2.75) is 251 Å². The third-order valence-electron chi connectivity index (χ3n) is 10.7. The van der Waals surface area contributed by atoms with Gasteiger partial charge in [0.1, 0.15) is 6.10 Å². The summed E-state index contributed by atoms with van der Waals surface area (Å²) in [5.41, 5.74) is 0. The second kappa shape index (κ2) is 42.0. The van der Waals surface area contributed by atoms with Crippen LogP contribution >= 0.6 is 0 Å². The van der Waals surface area contributed by atoms with E-state index in [1.165, 1.54) is 96.3 Å². The lowest BCUT2D eigenvalue weighted by molar-refractivity contribution is -0.150. The monoisotopic (exact) mass is 754 g/mol. The van der Waals surface area contributed by atoms with E-state index in [9.17, 15) is 19.8 Å². The number of aliphatic hydroxyl groups excluding tert-OH is 2. The number of esters is 2. The third kappa shape index (κ3) is 38.9. The van der Waals surface area contributed by atoms with Crippen molar-refractivity contribution in [2.75, 3.05) is 32.8 Å². The molecule has 0 rings (SSSR count). The van der Waals surface area contributed by atoms with Crippen LogP contribution in [0.25, 0.3) is 0 Å².